The molecular formula is C21H24Cl2N4O4S. The number of sulfone groups is 1. The highest BCUT2D eigenvalue weighted by Crippen LogP contribution is 2.40. The summed E-state index contributed by atoms with van der Waals surface area (Å²) in [6.45, 7) is 6.65. The number of nitrogens with one attached hydrogen (secondary N) is 1. The maximum atomic E-state index is 11.7. The molecule has 0 aliphatic heterocycles. The zero-order chi connectivity index (χ0) is 23.5. The van der Waals surface area contributed by atoms with Gasteiger partial charge in [-0.15, -0.1) is 0 Å². The Morgan fingerprint density at radius 3 is 2.28 bits per heavy atom. The van der Waals surface area contributed by atoms with Crippen molar-refractivity contribution in [1.29, 1.82) is 0 Å². The lowest BCUT2D eigenvalue weighted by atomic mass is 9.79. The van der Waals surface area contributed by atoms with Gasteiger partial charge in [-0.2, -0.15) is 0 Å². The number of nitrogens with zero attached hydrogens (tertiary/aromatic N) is 3. The van der Waals surface area contributed by atoms with Gasteiger partial charge in [0.05, 0.1) is 23.2 Å². The van der Waals surface area contributed by atoms with E-state index >= 15 is 0 Å². The van der Waals surface area contributed by atoms with Gasteiger partial charge in [-0.05, 0) is 29.7 Å². The highest BCUT2D eigenvalue weighted by Gasteiger charge is 2.26. The van der Waals surface area contributed by atoms with Crippen LogP contribution in [0.2, 0.25) is 10.0 Å². The highest BCUT2D eigenvalue weighted by atomic mass is 35.5. The van der Waals surface area contributed by atoms with E-state index in [9.17, 15) is 8.42 Å². The summed E-state index contributed by atoms with van der Waals surface area (Å²) in [6.07, 6.45) is 6.40. The summed E-state index contributed by atoms with van der Waals surface area (Å²) in [4.78, 5) is 12.4. The zero-order valence-corrected chi connectivity index (χ0v) is 20.5. The number of ether oxygens (including phenoxy) is 1. The number of benzene rings is 1. The maximum Gasteiger partial charge on any atom is 0.222 e. The third-order valence-corrected chi connectivity index (χ3v) is 6.50. The van der Waals surface area contributed by atoms with Gasteiger partial charge < -0.3 is 14.5 Å². The molecule has 0 fully saturated rings. The zero-order valence-electron chi connectivity index (χ0n) is 18.1. The lowest BCUT2D eigenvalue weighted by Gasteiger charge is -2.26. The van der Waals surface area contributed by atoms with Crippen molar-refractivity contribution >= 4 is 39.0 Å². The predicted octanol–water partition coefficient (Wildman–Crippen LogP) is 4.90. The molecule has 8 nitrogen and oxygen atoms in total. The van der Waals surface area contributed by atoms with Gasteiger partial charge in [0.25, 0.3) is 0 Å². The quantitative estimate of drug-likeness (QED) is 0.443. The molecule has 0 radical (unpaired) electrons. The minimum absolute atomic E-state index is 0.0789. The van der Waals surface area contributed by atoms with E-state index in [2.05, 4.69) is 20.3 Å². The van der Waals surface area contributed by atoms with Crippen LogP contribution in [0, 0.1) is 0 Å². The Morgan fingerprint density at radius 1 is 1.09 bits per heavy atom. The molecule has 0 aliphatic carbocycles. The second-order valence-corrected chi connectivity index (χ2v) is 10.5. The molecule has 32 heavy (non-hydrogen) atoms. The summed E-state index contributed by atoms with van der Waals surface area (Å²) in [5.41, 5.74) is 1.25. The molecule has 0 amide bonds. The minimum atomic E-state index is -3.48. The van der Waals surface area contributed by atoms with E-state index in [1.54, 1.807) is 12.4 Å². The summed E-state index contributed by atoms with van der Waals surface area (Å²) < 4.78 is 34.3. The fourth-order valence-electron chi connectivity index (χ4n) is 3.01. The van der Waals surface area contributed by atoms with Crippen LogP contribution in [-0.4, -0.2) is 36.2 Å². The van der Waals surface area contributed by atoms with Crippen LogP contribution in [0.25, 0.3) is 0 Å². The van der Waals surface area contributed by atoms with Crippen LogP contribution in [0.5, 0.6) is 5.75 Å². The molecule has 0 bridgehead atoms. The van der Waals surface area contributed by atoms with E-state index in [1.165, 1.54) is 0 Å². The Hall–Kier alpha value is -2.36. The number of anilines is 1. The molecule has 1 N–H and O–H groups in total. The van der Waals surface area contributed by atoms with Crippen LogP contribution in [0.15, 0.2) is 40.4 Å². The van der Waals surface area contributed by atoms with Crippen molar-refractivity contribution in [2.45, 2.75) is 44.2 Å². The summed E-state index contributed by atoms with van der Waals surface area (Å²) in [6, 6.07) is 3.67. The highest BCUT2D eigenvalue weighted by molar-refractivity contribution is 7.90. The normalized spacial score (nSPS) is 12.1. The van der Waals surface area contributed by atoms with Gasteiger partial charge in [-0.3, -0.25) is 0 Å². The molecule has 172 valence electrons. The SMILES string of the molecule is CCCOc1c(Cl)cc(C(C)(C)c2cnc(NCc3ocnc3S(C)(=O)=O)nc2)cc1Cl. The van der Waals surface area contributed by atoms with Gasteiger partial charge in [0.1, 0.15) is 0 Å². The molecule has 2 aromatic heterocycles. The molecule has 0 aliphatic rings. The first-order chi connectivity index (χ1) is 15.0. The minimum Gasteiger partial charge on any atom is -0.490 e. The third-order valence-electron chi connectivity index (χ3n) is 4.91. The number of aromatic nitrogens is 3. The van der Waals surface area contributed by atoms with Gasteiger partial charge in [0.15, 0.2) is 32.8 Å². The number of hydrogen-bond donors (Lipinski definition) is 1. The van der Waals surface area contributed by atoms with Gasteiger partial charge in [-0.1, -0.05) is 44.0 Å². The lowest BCUT2D eigenvalue weighted by molar-refractivity contribution is 0.317. The molecule has 2 heterocycles. The Bertz CT molecular complexity index is 1170. The van der Waals surface area contributed by atoms with Crippen molar-refractivity contribution in [2.24, 2.45) is 0 Å². The van der Waals surface area contributed by atoms with Crippen molar-refractivity contribution in [1.82, 2.24) is 15.0 Å². The molecular weight excluding hydrogens is 475 g/mol. The maximum absolute atomic E-state index is 11.7. The van der Waals surface area contributed by atoms with E-state index in [4.69, 9.17) is 32.4 Å². The van der Waals surface area contributed by atoms with Crippen LogP contribution >= 0.6 is 23.2 Å². The van der Waals surface area contributed by atoms with Crippen LogP contribution in [0.1, 0.15) is 44.1 Å². The second-order valence-electron chi connectivity index (χ2n) is 7.74. The van der Waals surface area contributed by atoms with Gasteiger partial charge >= 0.3 is 0 Å². The smallest absolute Gasteiger partial charge is 0.222 e. The van der Waals surface area contributed by atoms with E-state index in [1.807, 2.05) is 32.9 Å². The average Bonchev–Trinajstić information content (AvgIpc) is 3.21. The Balaban J connectivity index is 1.77. The third kappa shape index (κ3) is 5.33. The Labute approximate surface area is 197 Å². The second kappa shape index (κ2) is 9.64. The summed E-state index contributed by atoms with van der Waals surface area (Å²) in [5, 5.41) is 3.73. The largest absolute Gasteiger partial charge is 0.490 e. The molecule has 0 unspecified atom stereocenters. The van der Waals surface area contributed by atoms with Crippen molar-refractivity contribution < 1.29 is 17.6 Å². The number of rotatable bonds is 9. The Kier molecular flexibility index (Phi) is 7.32. The van der Waals surface area contributed by atoms with Crippen molar-refractivity contribution in [3.8, 4) is 5.75 Å². The summed E-state index contributed by atoms with van der Waals surface area (Å²) in [7, 11) is -3.48. The molecule has 1 aromatic carbocycles. The van der Waals surface area contributed by atoms with E-state index in [0.717, 1.165) is 30.2 Å². The Morgan fingerprint density at radius 2 is 1.72 bits per heavy atom. The van der Waals surface area contributed by atoms with Crippen LogP contribution in [0.3, 0.4) is 0 Å². The summed E-state index contributed by atoms with van der Waals surface area (Å²) in [5.74, 6) is 0.987. The molecule has 3 rings (SSSR count). The van der Waals surface area contributed by atoms with Crippen LogP contribution in [0.4, 0.5) is 5.95 Å². The van der Waals surface area contributed by atoms with Crippen molar-refractivity contribution in [3.63, 3.8) is 0 Å². The number of hydrogen-bond acceptors (Lipinski definition) is 8. The standard InChI is InChI=1S/C21H24Cl2N4O4S/c1-5-6-30-18-15(22)7-13(8-16(18)23)21(2,3)14-9-24-20(25-10-14)26-11-17-19(27-12-31-17)32(4,28)29/h7-10,12H,5-6,11H2,1-4H3,(H,24,25,26). The molecule has 11 heteroatoms. The average molecular weight is 499 g/mol. The van der Waals surface area contributed by atoms with Gasteiger partial charge in [0, 0.05) is 24.1 Å². The monoisotopic (exact) mass is 498 g/mol. The first-order valence-electron chi connectivity index (χ1n) is 9.85. The molecule has 3 aromatic rings. The molecule has 0 saturated heterocycles. The molecule has 0 atom stereocenters. The van der Waals surface area contributed by atoms with Gasteiger partial charge in [0.2, 0.25) is 5.95 Å². The van der Waals surface area contributed by atoms with Crippen molar-refractivity contribution in [2.75, 3.05) is 18.2 Å². The van der Waals surface area contributed by atoms with Crippen LogP contribution in [-0.2, 0) is 21.8 Å². The fourth-order valence-corrected chi connectivity index (χ4v) is 4.38. The van der Waals surface area contributed by atoms with Crippen LogP contribution < -0.4 is 10.1 Å². The number of oxazole rings is 1. The topological polar surface area (TPSA) is 107 Å². The molecule has 0 spiro atoms. The van der Waals surface area contributed by atoms with E-state index in [-0.39, 0.29) is 17.3 Å². The molecule has 0 saturated carbocycles. The fraction of sp³-hybridized carbons (Fsp3) is 0.381. The van der Waals surface area contributed by atoms with E-state index < -0.39 is 15.3 Å². The first-order valence-corrected chi connectivity index (χ1v) is 12.5. The lowest BCUT2D eigenvalue weighted by Crippen LogP contribution is -2.20. The van der Waals surface area contributed by atoms with E-state index in [0.29, 0.717) is 28.3 Å². The van der Waals surface area contributed by atoms with Crippen molar-refractivity contribution in [3.05, 3.63) is 57.9 Å². The summed E-state index contributed by atoms with van der Waals surface area (Å²) >= 11 is 12.8. The first kappa shape index (κ1) is 24.3. The predicted molar refractivity (Wildman–Crippen MR) is 123 cm³/mol. The van der Waals surface area contributed by atoms with Gasteiger partial charge in [-0.25, -0.2) is 23.4 Å². The number of halogens is 2.